The molecule has 100 valence electrons. The van der Waals surface area contributed by atoms with Gasteiger partial charge in [0.05, 0.1) is 4.83 Å². The second-order valence-corrected chi connectivity index (χ2v) is 6.33. The monoisotopic (exact) mass is 408 g/mol. The van der Waals surface area contributed by atoms with Crippen LogP contribution < -0.4 is 0 Å². The van der Waals surface area contributed by atoms with Gasteiger partial charge in [-0.1, -0.05) is 49.5 Å². The minimum Gasteiger partial charge on any atom is -0.207 e. The molecular formula is C14H9Br2ClF2. The molecule has 0 saturated carbocycles. The van der Waals surface area contributed by atoms with Gasteiger partial charge in [-0.3, -0.25) is 0 Å². The van der Waals surface area contributed by atoms with Crippen LogP contribution in [0.25, 0.3) is 0 Å². The SMILES string of the molecule is Cc1cc(C(Br)c2cc(F)ccc2Br)c(Cl)cc1F. The maximum Gasteiger partial charge on any atom is 0.127 e. The summed E-state index contributed by atoms with van der Waals surface area (Å²) in [5.41, 5.74) is 1.90. The highest BCUT2D eigenvalue weighted by molar-refractivity contribution is 9.11. The molecule has 2 aromatic rings. The van der Waals surface area contributed by atoms with E-state index < -0.39 is 0 Å². The van der Waals surface area contributed by atoms with Gasteiger partial charge in [0.15, 0.2) is 0 Å². The first-order valence-electron chi connectivity index (χ1n) is 5.44. The predicted molar refractivity (Wildman–Crippen MR) is 81.0 cm³/mol. The molecule has 0 nitrogen and oxygen atoms in total. The maximum absolute atomic E-state index is 13.4. The number of aryl methyl sites for hydroxylation is 1. The molecule has 0 radical (unpaired) electrons. The van der Waals surface area contributed by atoms with Crippen LogP contribution in [-0.4, -0.2) is 0 Å². The smallest absolute Gasteiger partial charge is 0.127 e. The van der Waals surface area contributed by atoms with Crippen molar-refractivity contribution >= 4 is 43.5 Å². The zero-order valence-electron chi connectivity index (χ0n) is 9.85. The summed E-state index contributed by atoms with van der Waals surface area (Å²) in [6.07, 6.45) is 0. The molecule has 2 aromatic carbocycles. The summed E-state index contributed by atoms with van der Waals surface area (Å²) < 4.78 is 27.5. The van der Waals surface area contributed by atoms with E-state index in [0.29, 0.717) is 21.7 Å². The van der Waals surface area contributed by atoms with Crippen molar-refractivity contribution in [3.8, 4) is 0 Å². The van der Waals surface area contributed by atoms with E-state index in [-0.39, 0.29) is 16.5 Å². The van der Waals surface area contributed by atoms with Crippen LogP contribution in [0.1, 0.15) is 21.5 Å². The van der Waals surface area contributed by atoms with E-state index in [2.05, 4.69) is 31.9 Å². The van der Waals surface area contributed by atoms with Crippen molar-refractivity contribution in [3.05, 3.63) is 68.2 Å². The molecule has 0 aliphatic rings. The zero-order chi connectivity index (χ0) is 14.2. The third kappa shape index (κ3) is 3.18. The first kappa shape index (κ1) is 14.9. The largest absolute Gasteiger partial charge is 0.207 e. The van der Waals surface area contributed by atoms with Gasteiger partial charge in [0.25, 0.3) is 0 Å². The molecule has 0 aromatic heterocycles. The lowest BCUT2D eigenvalue weighted by Crippen LogP contribution is -1.98. The van der Waals surface area contributed by atoms with Gasteiger partial charge in [0.1, 0.15) is 11.6 Å². The lowest BCUT2D eigenvalue weighted by atomic mass is 10.0. The topological polar surface area (TPSA) is 0 Å². The fraction of sp³-hybridized carbons (Fsp3) is 0.143. The fourth-order valence-electron chi connectivity index (χ4n) is 1.75. The van der Waals surface area contributed by atoms with Crippen LogP contribution in [0, 0.1) is 18.6 Å². The molecule has 0 saturated heterocycles. The van der Waals surface area contributed by atoms with Crippen molar-refractivity contribution in [2.45, 2.75) is 11.8 Å². The van der Waals surface area contributed by atoms with E-state index in [9.17, 15) is 8.78 Å². The third-order valence-electron chi connectivity index (χ3n) is 2.78. The van der Waals surface area contributed by atoms with E-state index in [0.717, 1.165) is 4.47 Å². The molecule has 0 heterocycles. The Kier molecular flexibility index (Phi) is 4.64. The standard InChI is InChI=1S/C14H9Br2ClF2/c1-7-4-10(12(17)6-13(7)19)14(16)9-5-8(18)2-3-11(9)15/h2-6,14H,1H3. The Bertz CT molecular complexity index is 629. The summed E-state index contributed by atoms with van der Waals surface area (Å²) in [4.78, 5) is -0.315. The Balaban J connectivity index is 2.52. The number of benzene rings is 2. The molecule has 2 rings (SSSR count). The first-order valence-corrected chi connectivity index (χ1v) is 7.53. The molecule has 0 N–H and O–H groups in total. The molecule has 1 atom stereocenters. The fourth-order valence-corrected chi connectivity index (χ4v) is 3.68. The summed E-state index contributed by atoms with van der Waals surface area (Å²) in [6, 6.07) is 7.34. The predicted octanol–water partition coefficient (Wildman–Crippen LogP) is 6.17. The minimum absolute atomic E-state index is 0.307. The number of hydrogen-bond acceptors (Lipinski definition) is 0. The van der Waals surface area contributed by atoms with Crippen molar-refractivity contribution in [1.29, 1.82) is 0 Å². The number of rotatable bonds is 2. The van der Waals surface area contributed by atoms with Gasteiger partial charge in [-0.05, 0) is 47.9 Å². The molecule has 0 aliphatic heterocycles. The highest BCUT2D eigenvalue weighted by atomic mass is 79.9. The Hall–Kier alpha value is -0.450. The first-order chi connectivity index (χ1) is 8.90. The highest BCUT2D eigenvalue weighted by Crippen LogP contribution is 2.39. The molecule has 0 amide bonds. The Morgan fingerprint density at radius 1 is 1.11 bits per heavy atom. The third-order valence-corrected chi connectivity index (χ3v) is 4.82. The molecule has 0 aliphatic carbocycles. The molecule has 0 spiro atoms. The van der Waals surface area contributed by atoms with E-state index in [1.54, 1.807) is 19.1 Å². The van der Waals surface area contributed by atoms with Gasteiger partial charge < -0.3 is 0 Å². The second kappa shape index (κ2) is 5.90. The van der Waals surface area contributed by atoms with Gasteiger partial charge in [-0.25, -0.2) is 8.78 Å². The molecule has 5 heteroatoms. The Morgan fingerprint density at radius 2 is 1.79 bits per heavy atom. The molecule has 19 heavy (non-hydrogen) atoms. The van der Waals surface area contributed by atoms with Crippen LogP contribution in [0.2, 0.25) is 5.02 Å². The van der Waals surface area contributed by atoms with Crippen molar-refractivity contribution in [2.24, 2.45) is 0 Å². The summed E-state index contributed by atoms with van der Waals surface area (Å²) >= 11 is 12.9. The van der Waals surface area contributed by atoms with E-state index in [1.165, 1.54) is 18.2 Å². The molecule has 0 fully saturated rings. The van der Waals surface area contributed by atoms with Crippen molar-refractivity contribution in [1.82, 2.24) is 0 Å². The Labute approximate surface area is 132 Å². The van der Waals surface area contributed by atoms with Crippen molar-refractivity contribution in [3.63, 3.8) is 0 Å². The summed E-state index contributed by atoms with van der Waals surface area (Å²) in [5, 5.41) is 0.307. The van der Waals surface area contributed by atoms with E-state index in [4.69, 9.17) is 11.6 Å². The van der Waals surface area contributed by atoms with Gasteiger partial charge in [0.2, 0.25) is 0 Å². The maximum atomic E-state index is 13.4. The summed E-state index contributed by atoms with van der Waals surface area (Å²) in [5.74, 6) is -0.690. The van der Waals surface area contributed by atoms with Crippen molar-refractivity contribution < 1.29 is 8.78 Å². The second-order valence-electron chi connectivity index (χ2n) is 4.15. The molecule has 0 bridgehead atoms. The normalized spacial score (nSPS) is 12.5. The van der Waals surface area contributed by atoms with Crippen molar-refractivity contribution in [2.75, 3.05) is 0 Å². The van der Waals surface area contributed by atoms with Crippen LogP contribution in [0.4, 0.5) is 8.78 Å². The lowest BCUT2D eigenvalue weighted by molar-refractivity contribution is 0.617. The van der Waals surface area contributed by atoms with Gasteiger partial charge in [-0.15, -0.1) is 0 Å². The van der Waals surface area contributed by atoms with Gasteiger partial charge >= 0.3 is 0 Å². The number of halogens is 5. The number of hydrogen-bond donors (Lipinski definition) is 0. The van der Waals surface area contributed by atoms with Crippen LogP contribution in [0.15, 0.2) is 34.8 Å². The van der Waals surface area contributed by atoms with Crippen LogP contribution in [-0.2, 0) is 0 Å². The average Bonchev–Trinajstić information content (AvgIpc) is 2.36. The molecular weight excluding hydrogens is 401 g/mol. The average molecular weight is 410 g/mol. The van der Waals surface area contributed by atoms with Crippen LogP contribution in [0.5, 0.6) is 0 Å². The van der Waals surface area contributed by atoms with Crippen LogP contribution in [0.3, 0.4) is 0 Å². The Morgan fingerprint density at radius 3 is 2.47 bits per heavy atom. The van der Waals surface area contributed by atoms with E-state index >= 15 is 0 Å². The summed E-state index contributed by atoms with van der Waals surface area (Å²) in [7, 11) is 0. The quantitative estimate of drug-likeness (QED) is 0.519. The lowest BCUT2D eigenvalue weighted by Gasteiger charge is -2.15. The summed E-state index contributed by atoms with van der Waals surface area (Å²) in [6.45, 7) is 1.66. The number of alkyl halides is 1. The minimum atomic E-state index is -0.355. The van der Waals surface area contributed by atoms with Gasteiger partial charge in [0, 0.05) is 9.50 Å². The van der Waals surface area contributed by atoms with Crippen LogP contribution >= 0.6 is 43.5 Å². The zero-order valence-corrected chi connectivity index (χ0v) is 13.8. The van der Waals surface area contributed by atoms with E-state index in [1.807, 2.05) is 0 Å². The molecule has 1 unspecified atom stereocenters. The highest BCUT2D eigenvalue weighted by Gasteiger charge is 2.18. The van der Waals surface area contributed by atoms with Gasteiger partial charge in [-0.2, -0.15) is 0 Å².